The Bertz CT molecular complexity index is 8.00. The molecule has 0 saturated heterocycles. The molecule has 0 aliphatic heterocycles. The second-order valence-electron chi connectivity index (χ2n) is 0. The van der Waals surface area contributed by atoms with Gasteiger partial charge < -0.3 is 0 Å². The third kappa shape index (κ3) is 9.00. The second-order valence-corrected chi connectivity index (χ2v) is 0. The van der Waals surface area contributed by atoms with Crippen molar-refractivity contribution < 1.29 is 31.9 Å². The molecule has 0 aromatic rings. The van der Waals surface area contributed by atoms with Crippen molar-refractivity contribution in [3.63, 3.8) is 0 Å². The number of hydrogen-bond donors (Lipinski definition) is 0. The predicted octanol–water partition coefficient (Wildman–Crippen LogP) is -2.11. The Hall–Kier alpha value is 2.00. The van der Waals surface area contributed by atoms with Crippen molar-refractivity contribution in [2.75, 3.05) is 0 Å². The van der Waals surface area contributed by atoms with Gasteiger partial charge in [-0.25, -0.2) is 0 Å². The van der Waals surface area contributed by atoms with Crippen LogP contribution in [0.15, 0.2) is 0 Å². The quantitative estimate of drug-likeness (QED) is 0.367. The topological polar surface area (TPSA) is 0 Å². The van der Waals surface area contributed by atoms with Crippen LogP contribution in [0.5, 0.6) is 0 Å². The SMILES string of the molecule is [MgH2].[Ni].[SiH3][Fe]. The molecule has 0 aromatic heterocycles. The summed E-state index contributed by atoms with van der Waals surface area (Å²) in [6, 6.07) is 0. The van der Waals surface area contributed by atoms with Crippen LogP contribution in [0.25, 0.3) is 0 Å². The second kappa shape index (κ2) is 20.0. The zero-order chi connectivity index (χ0) is 2.00. The zero-order valence-electron chi connectivity index (χ0n) is 1.67. The van der Waals surface area contributed by atoms with Gasteiger partial charge in [0.1, 0.15) is 0 Å². The van der Waals surface area contributed by atoms with E-state index in [0.29, 0.717) is 0 Å². The van der Waals surface area contributed by atoms with E-state index in [1.165, 1.54) is 0 Å². The fraction of sp³-hybridized carbons (Fsp3) is 0. The van der Waals surface area contributed by atoms with Gasteiger partial charge in [0.2, 0.25) is 0 Å². The van der Waals surface area contributed by atoms with Crippen LogP contribution in [0.4, 0.5) is 0 Å². The van der Waals surface area contributed by atoms with Gasteiger partial charge in [0, 0.05) is 16.5 Å². The predicted molar refractivity (Wildman–Crippen MR) is 18.5 cm³/mol. The van der Waals surface area contributed by atoms with Crippen molar-refractivity contribution in [2.24, 2.45) is 0 Å². The van der Waals surface area contributed by atoms with E-state index in [-0.39, 0.29) is 39.5 Å². The minimum atomic E-state index is 0. The molecular weight excluding hydrogens is 167 g/mol. The Labute approximate surface area is 63.2 Å². The van der Waals surface area contributed by atoms with E-state index in [0.717, 1.165) is 8.85 Å². The third-order valence-corrected chi connectivity index (χ3v) is 0. The van der Waals surface area contributed by atoms with E-state index in [1.807, 2.05) is 0 Å². The van der Waals surface area contributed by atoms with E-state index >= 15 is 0 Å². The zero-order valence-corrected chi connectivity index (χ0v) is 5.76. The van der Waals surface area contributed by atoms with Crippen molar-refractivity contribution >= 4 is 31.9 Å². The Balaban J connectivity index is -0.00000000500. The maximum absolute atomic E-state index is 3.39. The first-order valence-electron chi connectivity index (χ1n) is 0.354. The first kappa shape index (κ1) is 16.7. The van der Waals surface area contributed by atoms with Crippen LogP contribution in [0.3, 0.4) is 0 Å². The van der Waals surface area contributed by atoms with Crippen molar-refractivity contribution in [3.8, 4) is 0 Å². The first-order valence-corrected chi connectivity index (χ1v) is 4.37. The van der Waals surface area contributed by atoms with Crippen LogP contribution in [-0.2, 0) is 31.9 Å². The van der Waals surface area contributed by atoms with E-state index in [4.69, 9.17) is 0 Å². The van der Waals surface area contributed by atoms with Crippen molar-refractivity contribution in [3.05, 3.63) is 0 Å². The molecule has 0 heterocycles. The van der Waals surface area contributed by atoms with Crippen molar-refractivity contribution in [1.29, 1.82) is 0 Å². The van der Waals surface area contributed by atoms with Crippen LogP contribution >= 0.6 is 0 Å². The normalized spacial score (nSPS) is 2.25. The molecule has 0 spiro atoms. The average molecular weight is 172 g/mol. The Kier molecular flexibility index (Phi) is 83.5. The monoisotopic (exact) mass is 171 g/mol. The van der Waals surface area contributed by atoms with Gasteiger partial charge in [-0.1, -0.05) is 0 Å². The molecule has 4 heavy (non-hydrogen) atoms. The van der Waals surface area contributed by atoms with Crippen molar-refractivity contribution in [2.45, 2.75) is 0 Å². The summed E-state index contributed by atoms with van der Waals surface area (Å²) < 4.78 is 0. The summed E-state index contributed by atoms with van der Waals surface area (Å²) in [5, 5.41) is 0. The molecule has 0 rings (SSSR count). The fourth-order valence-corrected chi connectivity index (χ4v) is 0. The molecular formula is H5FeMgNiSi. The summed E-state index contributed by atoms with van der Waals surface area (Å²) >= 11 is 3.39. The van der Waals surface area contributed by atoms with Crippen LogP contribution in [0.2, 0.25) is 0 Å². The standard InChI is InChI=1S/Fe.Mg.Ni.H3Si.2H/h;;;1H3;;. The summed E-state index contributed by atoms with van der Waals surface area (Å²) in [5.74, 6) is 0. The van der Waals surface area contributed by atoms with E-state index in [2.05, 4.69) is 15.4 Å². The van der Waals surface area contributed by atoms with E-state index in [1.54, 1.807) is 0 Å². The fourth-order valence-electron chi connectivity index (χ4n) is 0. The Morgan fingerprint density at radius 3 is 1.25 bits per heavy atom. The van der Waals surface area contributed by atoms with Crippen LogP contribution in [-0.4, -0.2) is 31.9 Å². The van der Waals surface area contributed by atoms with Gasteiger partial charge in [0.05, 0.1) is 0 Å². The van der Waals surface area contributed by atoms with Gasteiger partial charge in [0.15, 0.2) is 0 Å². The van der Waals surface area contributed by atoms with Crippen LogP contribution < -0.4 is 0 Å². The first-order chi connectivity index (χ1) is 1.00. The van der Waals surface area contributed by atoms with Gasteiger partial charge in [-0.05, 0) is 0 Å². The molecule has 29 valence electrons. The molecule has 0 bridgehead atoms. The third-order valence-electron chi connectivity index (χ3n) is 0. The molecule has 0 aliphatic rings. The van der Waals surface area contributed by atoms with Gasteiger partial charge in [-0.15, -0.1) is 0 Å². The van der Waals surface area contributed by atoms with Gasteiger partial charge >= 0.3 is 47.3 Å². The summed E-state index contributed by atoms with van der Waals surface area (Å²) in [7, 11) is 1.06. The van der Waals surface area contributed by atoms with Crippen LogP contribution in [0.1, 0.15) is 0 Å². The van der Waals surface area contributed by atoms with E-state index in [9.17, 15) is 0 Å². The summed E-state index contributed by atoms with van der Waals surface area (Å²) in [5.41, 5.74) is 0. The molecule has 0 aromatic carbocycles. The molecule has 0 nitrogen and oxygen atoms in total. The molecule has 4 heteroatoms. The summed E-state index contributed by atoms with van der Waals surface area (Å²) in [4.78, 5) is 0. The molecule has 0 atom stereocenters. The molecule has 0 saturated carbocycles. The van der Waals surface area contributed by atoms with Gasteiger partial charge in [0.25, 0.3) is 0 Å². The molecule has 0 N–H and O–H groups in total. The van der Waals surface area contributed by atoms with Crippen LogP contribution in [0, 0.1) is 0 Å². The summed E-state index contributed by atoms with van der Waals surface area (Å²) in [6.07, 6.45) is 0. The number of hydrogen-bond acceptors (Lipinski definition) is 0. The van der Waals surface area contributed by atoms with Gasteiger partial charge in [-0.3, -0.25) is 0 Å². The molecule has 0 unspecified atom stereocenters. The molecule has 0 aliphatic carbocycles. The molecule has 0 radical (unpaired) electrons. The Morgan fingerprint density at radius 1 is 1.25 bits per heavy atom. The number of rotatable bonds is 0. The minimum absolute atomic E-state index is 0. The summed E-state index contributed by atoms with van der Waals surface area (Å²) in [6.45, 7) is 0. The average Bonchev–Trinajstić information content (AvgIpc) is 1.00. The molecule has 0 fully saturated rings. The molecule has 0 amide bonds. The van der Waals surface area contributed by atoms with Crippen molar-refractivity contribution in [1.82, 2.24) is 0 Å². The Morgan fingerprint density at radius 2 is 1.25 bits per heavy atom. The maximum atomic E-state index is 3.39. The van der Waals surface area contributed by atoms with E-state index < -0.39 is 0 Å². The van der Waals surface area contributed by atoms with Gasteiger partial charge in [-0.2, -0.15) is 0 Å².